The van der Waals surface area contributed by atoms with E-state index in [4.69, 9.17) is 4.74 Å². The van der Waals surface area contributed by atoms with Crippen molar-refractivity contribution in [2.75, 3.05) is 13.2 Å². The van der Waals surface area contributed by atoms with E-state index in [1.54, 1.807) is 24.3 Å². The molecule has 0 aliphatic rings. The second-order valence-electron chi connectivity index (χ2n) is 2.79. The van der Waals surface area contributed by atoms with Crippen LogP contribution in [0.15, 0.2) is 37.1 Å². The lowest BCUT2D eigenvalue weighted by Crippen LogP contribution is -1.90. The predicted octanol–water partition coefficient (Wildman–Crippen LogP) is 3.00. The third-order valence-electron chi connectivity index (χ3n) is 1.58. The summed E-state index contributed by atoms with van der Waals surface area (Å²) >= 11 is 0. The van der Waals surface area contributed by atoms with E-state index in [-0.39, 0.29) is 0 Å². The third kappa shape index (κ3) is 8.04. The fraction of sp³-hybridized carbons (Fsp3) is 0.308. The summed E-state index contributed by atoms with van der Waals surface area (Å²) in [4.78, 5) is 18.8. The van der Waals surface area contributed by atoms with Crippen molar-refractivity contribution in [2.45, 2.75) is 13.8 Å². The van der Waals surface area contributed by atoms with Crippen molar-refractivity contribution in [1.29, 1.82) is 0 Å². The lowest BCUT2D eigenvalue weighted by Gasteiger charge is -2.00. The summed E-state index contributed by atoms with van der Waals surface area (Å²) in [6.45, 7) is 8.23. The van der Waals surface area contributed by atoms with Crippen LogP contribution in [-0.4, -0.2) is 19.5 Å². The van der Waals surface area contributed by atoms with Gasteiger partial charge in [-0.05, 0) is 38.1 Å². The van der Waals surface area contributed by atoms with Gasteiger partial charge in [0.05, 0.1) is 13.2 Å². The quantitative estimate of drug-likeness (QED) is 0.251. The van der Waals surface area contributed by atoms with Crippen molar-refractivity contribution in [3.8, 4) is 5.75 Å². The van der Waals surface area contributed by atoms with E-state index in [0.29, 0.717) is 18.8 Å². The Balaban J connectivity index is 0.000000366. The molecule has 0 atom stereocenters. The number of ether oxygens (including phenoxy) is 1. The molecule has 0 saturated carbocycles. The number of carbonyl (C=O) groups is 1. The minimum absolute atomic E-state index is 0.562. The van der Waals surface area contributed by atoms with Gasteiger partial charge in [-0.1, -0.05) is 6.58 Å². The van der Waals surface area contributed by atoms with Gasteiger partial charge in [-0.15, -0.1) is 0 Å². The van der Waals surface area contributed by atoms with Gasteiger partial charge in [0.2, 0.25) is 0 Å². The Hall–Kier alpha value is -1.81. The molecule has 4 heteroatoms. The summed E-state index contributed by atoms with van der Waals surface area (Å²) in [5.74, 6) is 0.804. The van der Waals surface area contributed by atoms with Gasteiger partial charge in [0.15, 0.2) is 0 Å². The first-order valence-corrected chi connectivity index (χ1v) is 5.35. The fourth-order valence-electron chi connectivity index (χ4n) is 0.925. The lowest BCUT2D eigenvalue weighted by atomic mass is 10.2. The molecular weight excluding hydrogens is 220 g/mol. The molecule has 94 valence electrons. The highest BCUT2D eigenvalue weighted by molar-refractivity contribution is 5.74. The normalized spacial score (nSPS) is 8.59. The standard InChI is InChI=1S/C9H10O2.C4H8O2/c1-2-11-9-5-3-8(7-10)4-6-9;1-3-5-6-4-2/h3-7H,2H2,1H3;3H,1,4H2,2H3. The van der Waals surface area contributed by atoms with Crippen LogP contribution < -0.4 is 4.74 Å². The van der Waals surface area contributed by atoms with Crippen LogP contribution in [0.25, 0.3) is 0 Å². The third-order valence-corrected chi connectivity index (χ3v) is 1.58. The Labute approximate surface area is 102 Å². The van der Waals surface area contributed by atoms with E-state index in [1.807, 2.05) is 13.8 Å². The Kier molecular flexibility index (Phi) is 9.56. The smallest absolute Gasteiger partial charge is 0.150 e. The molecule has 0 amide bonds. The number of hydrogen-bond acceptors (Lipinski definition) is 4. The van der Waals surface area contributed by atoms with E-state index in [2.05, 4.69) is 16.4 Å². The van der Waals surface area contributed by atoms with Gasteiger partial charge in [-0.25, -0.2) is 0 Å². The highest BCUT2D eigenvalue weighted by atomic mass is 17.2. The molecule has 0 spiro atoms. The van der Waals surface area contributed by atoms with Gasteiger partial charge < -0.3 is 9.62 Å². The monoisotopic (exact) mass is 238 g/mol. The van der Waals surface area contributed by atoms with Crippen molar-refractivity contribution in [2.24, 2.45) is 0 Å². The van der Waals surface area contributed by atoms with Crippen molar-refractivity contribution in [3.63, 3.8) is 0 Å². The van der Waals surface area contributed by atoms with Gasteiger partial charge in [-0.3, -0.25) is 4.79 Å². The summed E-state index contributed by atoms with van der Waals surface area (Å²) in [6, 6.07) is 7.04. The maximum atomic E-state index is 10.2. The molecule has 0 radical (unpaired) electrons. The van der Waals surface area contributed by atoms with E-state index >= 15 is 0 Å². The lowest BCUT2D eigenvalue weighted by molar-refractivity contribution is -0.244. The summed E-state index contributed by atoms with van der Waals surface area (Å²) in [7, 11) is 0. The zero-order chi connectivity index (χ0) is 12.9. The summed E-state index contributed by atoms with van der Waals surface area (Å²) < 4.78 is 5.19. The average Bonchev–Trinajstić information content (AvgIpc) is 2.38. The van der Waals surface area contributed by atoms with Crippen LogP contribution in [0.3, 0.4) is 0 Å². The Bertz CT molecular complexity index is 306. The maximum Gasteiger partial charge on any atom is 0.150 e. The van der Waals surface area contributed by atoms with Crippen LogP contribution in [0.2, 0.25) is 0 Å². The number of hydrogen-bond donors (Lipinski definition) is 0. The predicted molar refractivity (Wildman–Crippen MR) is 65.9 cm³/mol. The van der Waals surface area contributed by atoms with Gasteiger partial charge in [0.25, 0.3) is 0 Å². The maximum absolute atomic E-state index is 10.2. The molecule has 1 aromatic rings. The van der Waals surface area contributed by atoms with Crippen molar-refractivity contribution in [3.05, 3.63) is 42.7 Å². The first-order chi connectivity index (χ1) is 8.28. The SMILES string of the molecule is C=COOCC.CCOc1ccc(C=O)cc1. The largest absolute Gasteiger partial charge is 0.494 e. The van der Waals surface area contributed by atoms with Gasteiger partial charge in [0.1, 0.15) is 18.3 Å². The first kappa shape index (κ1) is 15.2. The molecule has 0 unspecified atom stereocenters. The molecule has 0 aliphatic heterocycles. The Morgan fingerprint density at radius 1 is 1.18 bits per heavy atom. The number of aldehydes is 1. The summed E-state index contributed by atoms with van der Waals surface area (Å²) in [5, 5.41) is 0. The first-order valence-electron chi connectivity index (χ1n) is 5.35. The topological polar surface area (TPSA) is 44.8 Å². The second kappa shape index (κ2) is 10.7. The number of benzene rings is 1. The van der Waals surface area contributed by atoms with Crippen LogP contribution in [0.5, 0.6) is 5.75 Å². The molecule has 17 heavy (non-hydrogen) atoms. The van der Waals surface area contributed by atoms with E-state index in [1.165, 1.54) is 6.26 Å². The molecule has 0 fully saturated rings. The van der Waals surface area contributed by atoms with Crippen LogP contribution in [-0.2, 0) is 9.78 Å². The zero-order valence-corrected chi connectivity index (χ0v) is 10.2. The van der Waals surface area contributed by atoms with Crippen molar-refractivity contribution in [1.82, 2.24) is 0 Å². The van der Waals surface area contributed by atoms with Gasteiger partial charge in [0, 0.05) is 5.56 Å². The molecule has 0 heterocycles. The molecule has 1 rings (SSSR count). The zero-order valence-electron chi connectivity index (χ0n) is 10.2. The molecule has 0 aromatic heterocycles. The minimum Gasteiger partial charge on any atom is -0.494 e. The van der Waals surface area contributed by atoms with Crippen LogP contribution in [0.4, 0.5) is 0 Å². The fourth-order valence-corrected chi connectivity index (χ4v) is 0.925. The Morgan fingerprint density at radius 3 is 2.18 bits per heavy atom. The molecule has 0 N–H and O–H groups in total. The highest BCUT2D eigenvalue weighted by Gasteiger charge is 1.91. The molecule has 0 saturated heterocycles. The summed E-state index contributed by atoms with van der Waals surface area (Å²) in [5.41, 5.74) is 0.674. The molecule has 4 nitrogen and oxygen atoms in total. The van der Waals surface area contributed by atoms with E-state index in [0.717, 1.165) is 12.0 Å². The highest BCUT2D eigenvalue weighted by Crippen LogP contribution is 2.10. The van der Waals surface area contributed by atoms with Crippen LogP contribution >= 0.6 is 0 Å². The minimum atomic E-state index is 0.562. The van der Waals surface area contributed by atoms with Crippen LogP contribution in [0.1, 0.15) is 24.2 Å². The van der Waals surface area contributed by atoms with Crippen molar-refractivity contribution < 1.29 is 19.3 Å². The molecule has 0 bridgehead atoms. The van der Waals surface area contributed by atoms with E-state index in [9.17, 15) is 4.79 Å². The molecular formula is C13H18O4. The second-order valence-corrected chi connectivity index (χ2v) is 2.79. The number of carbonyl (C=O) groups excluding carboxylic acids is 1. The van der Waals surface area contributed by atoms with Gasteiger partial charge in [-0.2, -0.15) is 4.89 Å². The van der Waals surface area contributed by atoms with Crippen molar-refractivity contribution >= 4 is 6.29 Å². The molecule has 0 aliphatic carbocycles. The average molecular weight is 238 g/mol. The van der Waals surface area contributed by atoms with E-state index < -0.39 is 0 Å². The van der Waals surface area contributed by atoms with Crippen LogP contribution in [0, 0.1) is 0 Å². The molecule has 1 aromatic carbocycles. The van der Waals surface area contributed by atoms with Gasteiger partial charge >= 0.3 is 0 Å². The number of rotatable bonds is 6. The summed E-state index contributed by atoms with van der Waals surface area (Å²) in [6.07, 6.45) is 2.05. The Morgan fingerprint density at radius 2 is 1.82 bits per heavy atom.